The van der Waals surface area contributed by atoms with E-state index in [4.69, 9.17) is 11.6 Å². The Labute approximate surface area is 169 Å². The molecule has 0 atom stereocenters. The van der Waals surface area contributed by atoms with E-state index in [1.165, 1.54) is 5.56 Å². The number of hydrogen-bond acceptors (Lipinski definition) is 5. The molecule has 2 heterocycles. The van der Waals surface area contributed by atoms with Gasteiger partial charge in [0.15, 0.2) is 11.5 Å². The maximum Gasteiger partial charge on any atom is 0.271 e. The molecule has 1 aromatic carbocycles. The lowest BCUT2D eigenvalue weighted by Gasteiger charge is -2.17. The summed E-state index contributed by atoms with van der Waals surface area (Å²) in [5.41, 5.74) is 2.64. The highest BCUT2D eigenvalue weighted by atomic mass is 35.5. The van der Waals surface area contributed by atoms with Gasteiger partial charge >= 0.3 is 0 Å². The fraction of sp³-hybridized carbons (Fsp3) is 0.238. The minimum absolute atomic E-state index is 0.229. The Bertz CT molecular complexity index is 885. The van der Waals surface area contributed by atoms with Gasteiger partial charge in [-0.15, -0.1) is 10.2 Å². The number of aromatic nitrogens is 3. The van der Waals surface area contributed by atoms with E-state index < -0.39 is 0 Å². The average Bonchev–Trinajstić information content (AvgIpc) is 2.74. The molecule has 0 saturated carbocycles. The van der Waals surface area contributed by atoms with Gasteiger partial charge in [-0.2, -0.15) is 0 Å². The van der Waals surface area contributed by atoms with E-state index in [-0.39, 0.29) is 5.91 Å². The van der Waals surface area contributed by atoms with Crippen molar-refractivity contribution in [1.29, 1.82) is 0 Å². The molecule has 0 fully saturated rings. The highest BCUT2D eigenvalue weighted by molar-refractivity contribution is 6.30. The molecule has 7 heteroatoms. The molecular formula is C21H22ClN5O. The monoisotopic (exact) mass is 395 g/mol. The van der Waals surface area contributed by atoms with Crippen LogP contribution >= 0.6 is 11.6 Å². The summed E-state index contributed by atoms with van der Waals surface area (Å²) < 4.78 is 0. The van der Waals surface area contributed by atoms with Crippen LogP contribution in [0.1, 0.15) is 21.6 Å². The van der Waals surface area contributed by atoms with Crippen LogP contribution in [-0.4, -0.2) is 41.2 Å². The second kappa shape index (κ2) is 9.80. The third-order valence-corrected chi connectivity index (χ3v) is 4.62. The summed E-state index contributed by atoms with van der Waals surface area (Å²) in [5, 5.41) is 11.8. The van der Waals surface area contributed by atoms with Crippen LogP contribution < -0.4 is 10.2 Å². The number of nitrogens with one attached hydrogen (secondary N) is 1. The number of halogens is 1. The summed E-state index contributed by atoms with van der Waals surface area (Å²) in [5.74, 6) is 0.499. The van der Waals surface area contributed by atoms with Crippen molar-refractivity contribution in [1.82, 2.24) is 20.5 Å². The van der Waals surface area contributed by atoms with Crippen LogP contribution in [0, 0.1) is 0 Å². The van der Waals surface area contributed by atoms with E-state index >= 15 is 0 Å². The molecule has 3 rings (SSSR count). The molecule has 2 aromatic heterocycles. The summed E-state index contributed by atoms with van der Waals surface area (Å²) >= 11 is 5.87. The fourth-order valence-electron chi connectivity index (χ4n) is 2.67. The second-order valence-electron chi connectivity index (χ2n) is 6.44. The zero-order valence-electron chi connectivity index (χ0n) is 15.7. The van der Waals surface area contributed by atoms with Gasteiger partial charge in [0.2, 0.25) is 0 Å². The van der Waals surface area contributed by atoms with E-state index in [0.717, 1.165) is 30.8 Å². The summed E-state index contributed by atoms with van der Waals surface area (Å²) in [4.78, 5) is 18.3. The maximum absolute atomic E-state index is 12.2. The van der Waals surface area contributed by atoms with Crippen molar-refractivity contribution in [2.24, 2.45) is 0 Å². The Kier molecular flexibility index (Phi) is 6.92. The van der Waals surface area contributed by atoms with Crippen LogP contribution in [0.3, 0.4) is 0 Å². The molecule has 0 radical (unpaired) electrons. The minimum atomic E-state index is -0.229. The number of nitrogens with zero attached hydrogens (tertiary/aromatic N) is 4. The van der Waals surface area contributed by atoms with Crippen molar-refractivity contribution in [2.75, 3.05) is 25.0 Å². The van der Waals surface area contributed by atoms with Crippen molar-refractivity contribution < 1.29 is 4.79 Å². The predicted octanol–water partition coefficient (Wildman–Crippen LogP) is 3.18. The third-order valence-electron chi connectivity index (χ3n) is 4.37. The maximum atomic E-state index is 12.2. The summed E-state index contributed by atoms with van der Waals surface area (Å²) in [6, 6.07) is 15.1. The number of likely N-dealkylation sites (N-methyl/N-ethyl adjacent to an activating group) is 1. The molecule has 6 nitrogen and oxygen atoms in total. The van der Waals surface area contributed by atoms with E-state index in [2.05, 4.69) is 20.5 Å². The van der Waals surface area contributed by atoms with Gasteiger partial charge in [0.1, 0.15) is 0 Å². The fourth-order valence-corrected chi connectivity index (χ4v) is 2.80. The Morgan fingerprint density at radius 3 is 2.36 bits per heavy atom. The second-order valence-corrected chi connectivity index (χ2v) is 6.87. The first-order chi connectivity index (χ1) is 13.6. The zero-order chi connectivity index (χ0) is 19.8. The van der Waals surface area contributed by atoms with Crippen molar-refractivity contribution in [3.05, 3.63) is 82.8 Å². The normalized spacial score (nSPS) is 10.5. The molecule has 0 unspecified atom stereocenters. The van der Waals surface area contributed by atoms with Gasteiger partial charge in [-0.1, -0.05) is 23.7 Å². The highest BCUT2D eigenvalue weighted by Crippen LogP contribution is 2.10. The molecule has 0 aliphatic rings. The lowest BCUT2D eigenvalue weighted by atomic mass is 10.1. The number of rotatable bonds is 8. The first-order valence-corrected chi connectivity index (χ1v) is 9.46. The highest BCUT2D eigenvalue weighted by Gasteiger charge is 2.10. The molecule has 1 amide bonds. The standard InChI is InChI=1S/C21H22ClN5O/c1-27(15-11-17-8-12-23-13-9-17)20-7-6-19(25-26-20)21(28)24-14-10-16-2-4-18(22)5-3-16/h2-9,12-13H,10-11,14-15H2,1H3,(H,24,28). The third kappa shape index (κ3) is 5.76. The SMILES string of the molecule is CN(CCc1ccncc1)c1ccc(C(=O)NCCc2ccc(Cl)cc2)nn1. The van der Waals surface area contributed by atoms with E-state index in [1.54, 1.807) is 18.5 Å². The molecule has 0 aliphatic heterocycles. The Morgan fingerprint density at radius 2 is 1.68 bits per heavy atom. The first kappa shape index (κ1) is 19.8. The van der Waals surface area contributed by atoms with Gasteiger partial charge in [0, 0.05) is 37.6 Å². The van der Waals surface area contributed by atoms with Crippen LogP contribution in [0.2, 0.25) is 5.02 Å². The molecule has 0 bridgehead atoms. The van der Waals surface area contributed by atoms with Gasteiger partial charge in [-0.3, -0.25) is 9.78 Å². The quantitative estimate of drug-likeness (QED) is 0.634. The van der Waals surface area contributed by atoms with Crippen molar-refractivity contribution in [3.8, 4) is 0 Å². The molecule has 0 aliphatic carbocycles. The smallest absolute Gasteiger partial charge is 0.271 e. The van der Waals surface area contributed by atoms with Crippen LogP contribution in [0.5, 0.6) is 0 Å². The van der Waals surface area contributed by atoms with E-state index in [9.17, 15) is 4.79 Å². The van der Waals surface area contributed by atoms with Gasteiger partial charge < -0.3 is 10.2 Å². The largest absolute Gasteiger partial charge is 0.358 e. The molecular weight excluding hydrogens is 374 g/mol. The summed E-state index contributed by atoms with van der Waals surface area (Å²) in [6.45, 7) is 1.32. The van der Waals surface area contributed by atoms with E-state index in [0.29, 0.717) is 17.3 Å². The average molecular weight is 396 g/mol. The number of amides is 1. The van der Waals surface area contributed by atoms with Crippen molar-refractivity contribution in [2.45, 2.75) is 12.8 Å². The number of benzene rings is 1. The molecule has 1 N–H and O–H groups in total. The Hall–Kier alpha value is -2.99. The number of hydrogen-bond donors (Lipinski definition) is 1. The molecule has 0 spiro atoms. The number of carbonyl (C=O) groups is 1. The van der Waals surface area contributed by atoms with Crippen LogP contribution in [0.25, 0.3) is 0 Å². The summed E-state index contributed by atoms with van der Waals surface area (Å²) in [7, 11) is 1.96. The van der Waals surface area contributed by atoms with Gasteiger partial charge in [-0.05, 0) is 60.4 Å². The molecule has 3 aromatic rings. The molecule has 0 saturated heterocycles. The lowest BCUT2D eigenvalue weighted by Crippen LogP contribution is -2.27. The number of carbonyl (C=O) groups excluding carboxylic acids is 1. The van der Waals surface area contributed by atoms with Crippen LogP contribution in [-0.2, 0) is 12.8 Å². The van der Waals surface area contributed by atoms with E-state index in [1.807, 2.05) is 54.4 Å². The zero-order valence-corrected chi connectivity index (χ0v) is 16.4. The summed E-state index contributed by atoms with van der Waals surface area (Å²) in [6.07, 6.45) is 5.19. The first-order valence-electron chi connectivity index (χ1n) is 9.08. The lowest BCUT2D eigenvalue weighted by molar-refractivity contribution is 0.0948. The van der Waals surface area contributed by atoms with Gasteiger partial charge in [-0.25, -0.2) is 0 Å². The van der Waals surface area contributed by atoms with Gasteiger partial charge in [0.05, 0.1) is 0 Å². The Morgan fingerprint density at radius 1 is 0.964 bits per heavy atom. The molecule has 28 heavy (non-hydrogen) atoms. The van der Waals surface area contributed by atoms with Crippen molar-refractivity contribution >= 4 is 23.3 Å². The number of anilines is 1. The van der Waals surface area contributed by atoms with Gasteiger partial charge in [0.25, 0.3) is 5.91 Å². The topological polar surface area (TPSA) is 71.0 Å². The predicted molar refractivity (Wildman–Crippen MR) is 111 cm³/mol. The van der Waals surface area contributed by atoms with Crippen molar-refractivity contribution in [3.63, 3.8) is 0 Å². The Balaban J connectivity index is 1.47. The van der Waals surface area contributed by atoms with Crippen LogP contribution in [0.4, 0.5) is 5.82 Å². The van der Waals surface area contributed by atoms with Crippen LogP contribution in [0.15, 0.2) is 60.9 Å². The minimum Gasteiger partial charge on any atom is -0.358 e. The number of pyridine rings is 1. The molecule has 144 valence electrons.